The Hall–Kier alpha value is -3.30. The summed E-state index contributed by atoms with van der Waals surface area (Å²) in [5.41, 5.74) is 1.59. The van der Waals surface area contributed by atoms with Crippen molar-refractivity contribution in [2.75, 3.05) is 36.8 Å². The number of carbonyl (C=O) groups excluding carboxylic acids is 2. The van der Waals surface area contributed by atoms with Crippen LogP contribution in [0.1, 0.15) is 36.1 Å². The van der Waals surface area contributed by atoms with Gasteiger partial charge in [0.1, 0.15) is 0 Å². The molecule has 10 heteroatoms. The summed E-state index contributed by atoms with van der Waals surface area (Å²) < 4.78 is 1.91. The Morgan fingerprint density at radius 1 is 1.05 bits per heavy atom. The van der Waals surface area contributed by atoms with Crippen molar-refractivity contribution in [3.05, 3.63) is 83.7 Å². The van der Waals surface area contributed by atoms with Crippen molar-refractivity contribution < 1.29 is 9.59 Å². The molecule has 0 bridgehead atoms. The smallest absolute Gasteiger partial charge is 0.253 e. The Kier molecular flexibility index (Phi) is 9.47. The number of thioether (sulfide) groups is 1. The normalized spacial score (nSPS) is 14.4. The molecule has 38 heavy (non-hydrogen) atoms. The minimum absolute atomic E-state index is 0.0367. The van der Waals surface area contributed by atoms with Gasteiger partial charge >= 0.3 is 0 Å². The number of nitrogens with zero attached hydrogens (tertiary/aromatic N) is 5. The third-order valence-electron chi connectivity index (χ3n) is 6.49. The molecule has 4 rings (SSSR count). The lowest BCUT2D eigenvalue weighted by Crippen LogP contribution is -2.49. The third kappa shape index (κ3) is 6.57. The van der Waals surface area contributed by atoms with Crippen LogP contribution in [0.3, 0.4) is 0 Å². The Labute approximate surface area is 233 Å². The van der Waals surface area contributed by atoms with Crippen LogP contribution in [0, 0.1) is 5.92 Å². The lowest BCUT2D eigenvalue weighted by atomic mass is 10.0. The van der Waals surface area contributed by atoms with E-state index in [1.165, 1.54) is 17.4 Å². The van der Waals surface area contributed by atoms with Crippen LogP contribution < -0.4 is 10.2 Å². The van der Waals surface area contributed by atoms with Crippen molar-refractivity contribution in [2.45, 2.75) is 31.6 Å². The number of amides is 2. The predicted octanol–water partition coefficient (Wildman–Crippen LogP) is 4.69. The van der Waals surface area contributed by atoms with Gasteiger partial charge in [-0.05, 0) is 30.2 Å². The molecule has 3 aromatic rings. The maximum Gasteiger partial charge on any atom is 0.253 e. The molecule has 8 nitrogen and oxygen atoms in total. The van der Waals surface area contributed by atoms with Crippen LogP contribution in [0.15, 0.2) is 72.4 Å². The number of para-hydroxylation sites is 1. The van der Waals surface area contributed by atoms with Crippen molar-refractivity contribution in [3.8, 4) is 0 Å². The van der Waals surface area contributed by atoms with Gasteiger partial charge in [0.15, 0.2) is 11.0 Å². The molecule has 0 spiro atoms. The molecule has 1 saturated heterocycles. The second-order valence-corrected chi connectivity index (χ2v) is 10.8. The van der Waals surface area contributed by atoms with E-state index < -0.39 is 6.04 Å². The molecule has 2 amide bonds. The van der Waals surface area contributed by atoms with Gasteiger partial charge in [0, 0.05) is 38.4 Å². The van der Waals surface area contributed by atoms with Gasteiger partial charge in [-0.15, -0.1) is 16.8 Å². The number of piperazine rings is 1. The largest absolute Gasteiger partial charge is 0.368 e. The van der Waals surface area contributed by atoms with E-state index in [9.17, 15) is 9.59 Å². The topological polar surface area (TPSA) is 83.4 Å². The molecule has 0 aliphatic carbocycles. The summed E-state index contributed by atoms with van der Waals surface area (Å²) >= 11 is 7.59. The second kappa shape index (κ2) is 13.0. The molecule has 0 radical (unpaired) electrons. The van der Waals surface area contributed by atoms with E-state index in [4.69, 9.17) is 11.6 Å². The van der Waals surface area contributed by atoms with Crippen LogP contribution in [0.2, 0.25) is 5.02 Å². The number of rotatable bonds is 10. The van der Waals surface area contributed by atoms with Gasteiger partial charge in [-0.3, -0.25) is 9.59 Å². The molecule has 1 N–H and O–H groups in total. The Bertz CT molecular complexity index is 1260. The number of halogens is 1. The minimum atomic E-state index is -0.401. The van der Waals surface area contributed by atoms with Gasteiger partial charge in [0.25, 0.3) is 5.91 Å². The van der Waals surface area contributed by atoms with Crippen LogP contribution in [0.5, 0.6) is 0 Å². The van der Waals surface area contributed by atoms with Gasteiger partial charge in [-0.2, -0.15) is 0 Å². The zero-order valence-corrected chi connectivity index (χ0v) is 23.3. The number of allylic oxidation sites excluding steroid dienone is 1. The number of anilines is 1. The lowest BCUT2D eigenvalue weighted by Gasteiger charge is -2.36. The number of carbonyl (C=O) groups is 2. The van der Waals surface area contributed by atoms with Crippen molar-refractivity contribution in [1.29, 1.82) is 0 Å². The quantitative estimate of drug-likeness (QED) is 0.290. The van der Waals surface area contributed by atoms with Crippen LogP contribution in [0.25, 0.3) is 0 Å². The SMILES string of the molecule is C=CCn1c(SCC(=O)N2CCN(c3ccccc3)CC2)nnc1[C@H](NC(=O)c1ccccc1Cl)C(C)C. The number of hydrogen-bond donors (Lipinski definition) is 1. The molecule has 1 atom stereocenters. The highest BCUT2D eigenvalue weighted by molar-refractivity contribution is 7.99. The van der Waals surface area contributed by atoms with Crippen LogP contribution >= 0.6 is 23.4 Å². The standard InChI is InChI=1S/C28H33ClN6O2S/c1-4-14-35-26(25(20(2)3)30-27(37)22-12-8-9-13-23(22)29)31-32-28(35)38-19-24(36)34-17-15-33(16-18-34)21-10-6-5-7-11-21/h4-13,20,25H,1,14-19H2,2-3H3,(H,30,37)/t25-/m1/s1. The number of aromatic nitrogens is 3. The van der Waals surface area contributed by atoms with E-state index in [0.717, 1.165) is 13.1 Å². The zero-order valence-electron chi connectivity index (χ0n) is 21.7. The Morgan fingerprint density at radius 2 is 1.74 bits per heavy atom. The monoisotopic (exact) mass is 552 g/mol. The fourth-order valence-electron chi connectivity index (χ4n) is 4.40. The highest BCUT2D eigenvalue weighted by Gasteiger charge is 2.28. The highest BCUT2D eigenvalue weighted by atomic mass is 35.5. The van der Waals surface area contributed by atoms with Gasteiger partial charge in [0.2, 0.25) is 5.91 Å². The fourth-order valence-corrected chi connectivity index (χ4v) is 5.48. The number of benzene rings is 2. The minimum Gasteiger partial charge on any atom is -0.368 e. The summed E-state index contributed by atoms with van der Waals surface area (Å²) in [6.45, 7) is 11.3. The second-order valence-electron chi connectivity index (χ2n) is 9.41. The molecule has 1 aromatic heterocycles. The lowest BCUT2D eigenvalue weighted by molar-refractivity contribution is -0.128. The van der Waals surface area contributed by atoms with Gasteiger partial charge in [-0.25, -0.2) is 0 Å². The van der Waals surface area contributed by atoms with Gasteiger partial charge in [0.05, 0.1) is 22.4 Å². The molecule has 1 aliphatic heterocycles. The summed E-state index contributed by atoms with van der Waals surface area (Å²) in [7, 11) is 0. The van der Waals surface area contributed by atoms with E-state index in [1.54, 1.807) is 30.3 Å². The van der Waals surface area contributed by atoms with E-state index in [1.807, 2.05) is 41.5 Å². The van der Waals surface area contributed by atoms with E-state index in [-0.39, 0.29) is 23.5 Å². The summed E-state index contributed by atoms with van der Waals surface area (Å²) in [5.74, 6) is 0.714. The van der Waals surface area contributed by atoms with Crippen molar-refractivity contribution in [3.63, 3.8) is 0 Å². The molecule has 200 valence electrons. The Balaban J connectivity index is 1.41. The average Bonchev–Trinajstić information content (AvgIpc) is 3.33. The first-order valence-electron chi connectivity index (χ1n) is 12.7. The maximum atomic E-state index is 13.0. The first-order chi connectivity index (χ1) is 18.4. The molecule has 2 heterocycles. The summed E-state index contributed by atoms with van der Waals surface area (Å²) in [5, 5.41) is 12.9. The molecule has 1 aliphatic rings. The van der Waals surface area contributed by atoms with E-state index in [2.05, 4.69) is 39.1 Å². The molecular formula is C28H33ClN6O2S. The van der Waals surface area contributed by atoms with Gasteiger partial charge in [-0.1, -0.05) is 73.6 Å². The summed E-state index contributed by atoms with van der Waals surface area (Å²) in [6.07, 6.45) is 1.76. The molecular weight excluding hydrogens is 520 g/mol. The van der Waals surface area contributed by atoms with Crippen molar-refractivity contribution in [1.82, 2.24) is 25.0 Å². The number of hydrogen-bond acceptors (Lipinski definition) is 6. The van der Waals surface area contributed by atoms with Crippen molar-refractivity contribution >= 4 is 40.9 Å². The summed E-state index contributed by atoms with van der Waals surface area (Å²) in [4.78, 5) is 30.2. The first-order valence-corrected chi connectivity index (χ1v) is 14.0. The molecule has 2 aromatic carbocycles. The average molecular weight is 553 g/mol. The fraction of sp³-hybridized carbons (Fsp3) is 0.357. The number of nitrogens with one attached hydrogen (secondary N) is 1. The van der Waals surface area contributed by atoms with Crippen LogP contribution in [-0.2, 0) is 11.3 Å². The molecule has 1 fully saturated rings. The third-order valence-corrected chi connectivity index (χ3v) is 7.77. The highest BCUT2D eigenvalue weighted by Crippen LogP contribution is 2.27. The van der Waals surface area contributed by atoms with Gasteiger partial charge < -0.3 is 19.7 Å². The Morgan fingerprint density at radius 3 is 2.39 bits per heavy atom. The maximum absolute atomic E-state index is 13.0. The van der Waals surface area contributed by atoms with Crippen LogP contribution in [-0.4, -0.2) is 63.4 Å². The first kappa shape index (κ1) is 27.7. The van der Waals surface area contributed by atoms with E-state index >= 15 is 0 Å². The summed E-state index contributed by atoms with van der Waals surface area (Å²) in [6, 6.07) is 16.8. The zero-order chi connectivity index (χ0) is 27.1. The molecule has 0 unspecified atom stereocenters. The van der Waals surface area contributed by atoms with Crippen LogP contribution in [0.4, 0.5) is 5.69 Å². The van der Waals surface area contributed by atoms with Crippen molar-refractivity contribution in [2.24, 2.45) is 5.92 Å². The predicted molar refractivity (Wildman–Crippen MR) is 153 cm³/mol. The van der Waals surface area contributed by atoms with E-state index in [0.29, 0.717) is 41.2 Å². The molecule has 0 saturated carbocycles.